The Morgan fingerprint density at radius 3 is 2.38 bits per heavy atom. The lowest BCUT2D eigenvalue weighted by Crippen LogP contribution is -2.32. The molecule has 0 aliphatic carbocycles. The summed E-state index contributed by atoms with van der Waals surface area (Å²) in [6.07, 6.45) is 2.66. The number of piperidine rings is 1. The summed E-state index contributed by atoms with van der Waals surface area (Å²) in [5.41, 5.74) is 1.85. The first-order valence-corrected chi connectivity index (χ1v) is 10.1. The third kappa shape index (κ3) is 3.93. The molecule has 0 radical (unpaired) electrons. The quantitative estimate of drug-likeness (QED) is 0.765. The summed E-state index contributed by atoms with van der Waals surface area (Å²) in [5, 5.41) is 6.27. The van der Waals surface area contributed by atoms with Crippen molar-refractivity contribution in [3.05, 3.63) is 59.7 Å². The van der Waals surface area contributed by atoms with E-state index in [-0.39, 0.29) is 17.7 Å². The highest BCUT2D eigenvalue weighted by molar-refractivity contribution is 6.34. The Balaban J connectivity index is 1.45. The molecule has 1 fully saturated rings. The van der Waals surface area contributed by atoms with Gasteiger partial charge in [-0.3, -0.25) is 14.4 Å². The van der Waals surface area contributed by atoms with Gasteiger partial charge in [0.2, 0.25) is 5.91 Å². The molecule has 2 aromatic carbocycles. The summed E-state index contributed by atoms with van der Waals surface area (Å²) in [6.45, 7) is 4.16. The lowest BCUT2D eigenvalue weighted by atomic mass is 9.84. The van der Waals surface area contributed by atoms with Crippen molar-refractivity contribution in [2.75, 3.05) is 23.3 Å². The van der Waals surface area contributed by atoms with Gasteiger partial charge >= 0.3 is 0 Å². The first kappa shape index (κ1) is 19.3. The van der Waals surface area contributed by atoms with E-state index in [1.165, 1.54) is 0 Å². The van der Waals surface area contributed by atoms with Crippen LogP contribution in [-0.4, -0.2) is 30.8 Å². The number of anilines is 2. The van der Waals surface area contributed by atoms with E-state index in [0.717, 1.165) is 30.8 Å². The third-order valence-corrected chi connectivity index (χ3v) is 5.88. The Kier molecular flexibility index (Phi) is 5.45. The minimum atomic E-state index is -0.339. The molecule has 2 aliphatic rings. The zero-order valence-electron chi connectivity index (χ0n) is 16.5. The molecule has 3 amide bonds. The Bertz CT molecular complexity index is 915. The molecule has 6 nitrogen and oxygen atoms in total. The number of imide groups is 1. The summed E-state index contributed by atoms with van der Waals surface area (Å²) < 4.78 is 0. The van der Waals surface area contributed by atoms with Crippen molar-refractivity contribution < 1.29 is 14.4 Å². The van der Waals surface area contributed by atoms with E-state index in [1.807, 2.05) is 0 Å². The molecule has 2 aromatic rings. The zero-order valence-corrected chi connectivity index (χ0v) is 16.5. The average Bonchev–Trinajstić information content (AvgIpc) is 2.99. The van der Waals surface area contributed by atoms with Gasteiger partial charge in [0.25, 0.3) is 11.8 Å². The summed E-state index contributed by atoms with van der Waals surface area (Å²) in [6, 6.07) is 13.7. The molecule has 2 heterocycles. The van der Waals surface area contributed by atoms with Gasteiger partial charge in [0.1, 0.15) is 0 Å². The van der Waals surface area contributed by atoms with Crippen LogP contribution in [0.2, 0.25) is 0 Å². The van der Waals surface area contributed by atoms with E-state index >= 15 is 0 Å². The number of hydrogen-bond acceptors (Lipinski definition) is 4. The van der Waals surface area contributed by atoms with E-state index < -0.39 is 0 Å². The van der Waals surface area contributed by atoms with Crippen LogP contribution in [0.1, 0.15) is 46.9 Å². The Labute approximate surface area is 170 Å². The Hall–Kier alpha value is -2.99. The van der Waals surface area contributed by atoms with Gasteiger partial charge in [-0.25, -0.2) is 4.90 Å². The predicted molar refractivity (Wildman–Crippen MR) is 112 cm³/mol. The van der Waals surface area contributed by atoms with E-state index in [1.54, 1.807) is 48.5 Å². The molecule has 4 rings (SSSR count). The molecular weight excluding hydrogens is 366 g/mol. The molecule has 1 unspecified atom stereocenters. The summed E-state index contributed by atoms with van der Waals surface area (Å²) >= 11 is 0. The van der Waals surface area contributed by atoms with Gasteiger partial charge in [0, 0.05) is 12.1 Å². The molecule has 0 bridgehead atoms. The van der Waals surface area contributed by atoms with Gasteiger partial charge in [0.05, 0.1) is 16.8 Å². The molecule has 2 aliphatic heterocycles. The van der Waals surface area contributed by atoms with Gasteiger partial charge in [0.15, 0.2) is 0 Å². The zero-order chi connectivity index (χ0) is 20.4. The number of rotatable bonds is 5. The molecule has 6 heteroatoms. The van der Waals surface area contributed by atoms with Gasteiger partial charge in [-0.05, 0) is 68.1 Å². The van der Waals surface area contributed by atoms with Crippen LogP contribution >= 0.6 is 0 Å². The van der Waals surface area contributed by atoms with Gasteiger partial charge in [-0.2, -0.15) is 0 Å². The molecular formula is C23H25N3O3. The van der Waals surface area contributed by atoms with Crippen LogP contribution in [0, 0.1) is 11.8 Å². The summed E-state index contributed by atoms with van der Waals surface area (Å²) in [4.78, 5) is 39.0. The second-order valence-electron chi connectivity index (χ2n) is 7.86. The minimum Gasteiger partial charge on any atom is -0.326 e. The largest absolute Gasteiger partial charge is 0.326 e. The molecule has 0 saturated carbocycles. The highest BCUT2D eigenvalue weighted by atomic mass is 16.2. The van der Waals surface area contributed by atoms with Crippen molar-refractivity contribution in [2.45, 2.75) is 26.2 Å². The normalized spacial score (nSPS) is 17.9. The lowest BCUT2D eigenvalue weighted by Gasteiger charge is -2.27. The van der Waals surface area contributed by atoms with Crippen molar-refractivity contribution >= 4 is 29.1 Å². The van der Waals surface area contributed by atoms with Crippen LogP contribution in [-0.2, 0) is 4.79 Å². The van der Waals surface area contributed by atoms with Crippen molar-refractivity contribution in [3.63, 3.8) is 0 Å². The molecule has 29 heavy (non-hydrogen) atoms. The molecule has 0 aromatic heterocycles. The van der Waals surface area contributed by atoms with E-state index in [9.17, 15) is 14.4 Å². The maximum atomic E-state index is 12.7. The lowest BCUT2D eigenvalue weighted by molar-refractivity contribution is -0.117. The summed E-state index contributed by atoms with van der Waals surface area (Å²) in [7, 11) is 0. The van der Waals surface area contributed by atoms with Crippen LogP contribution in [0.3, 0.4) is 0 Å². The van der Waals surface area contributed by atoms with Crippen LogP contribution in [0.5, 0.6) is 0 Å². The van der Waals surface area contributed by atoms with E-state index in [2.05, 4.69) is 17.6 Å². The van der Waals surface area contributed by atoms with Gasteiger partial charge in [-0.1, -0.05) is 25.1 Å². The van der Waals surface area contributed by atoms with Crippen molar-refractivity contribution in [2.24, 2.45) is 11.8 Å². The fourth-order valence-electron chi connectivity index (χ4n) is 4.23. The fraction of sp³-hybridized carbons (Fsp3) is 0.348. The monoisotopic (exact) mass is 391 g/mol. The van der Waals surface area contributed by atoms with Crippen LogP contribution < -0.4 is 15.5 Å². The SMILES string of the molecule is CC(CC(=O)Nc1cccc(N2C(=O)c3ccccc3C2=O)c1)C1CCNCC1. The second kappa shape index (κ2) is 8.17. The highest BCUT2D eigenvalue weighted by Crippen LogP contribution is 2.30. The maximum absolute atomic E-state index is 12.7. The number of benzene rings is 2. The number of hydrogen-bond donors (Lipinski definition) is 2. The first-order valence-electron chi connectivity index (χ1n) is 10.1. The minimum absolute atomic E-state index is 0.0458. The van der Waals surface area contributed by atoms with Crippen LogP contribution in [0.25, 0.3) is 0 Å². The Morgan fingerprint density at radius 2 is 1.72 bits per heavy atom. The number of fused-ring (bicyclic) bond motifs is 1. The number of nitrogens with zero attached hydrogens (tertiary/aromatic N) is 1. The second-order valence-corrected chi connectivity index (χ2v) is 7.86. The number of carbonyl (C=O) groups excluding carboxylic acids is 3. The van der Waals surface area contributed by atoms with Gasteiger partial charge in [-0.15, -0.1) is 0 Å². The van der Waals surface area contributed by atoms with Crippen molar-refractivity contribution in [1.82, 2.24) is 5.32 Å². The average molecular weight is 391 g/mol. The van der Waals surface area contributed by atoms with E-state index in [0.29, 0.717) is 40.8 Å². The topological polar surface area (TPSA) is 78.5 Å². The molecule has 150 valence electrons. The smallest absolute Gasteiger partial charge is 0.266 e. The standard InChI is InChI=1S/C23H25N3O3/c1-15(16-9-11-24-12-10-16)13-21(27)25-17-5-4-6-18(14-17)26-22(28)19-7-2-3-8-20(19)23(26)29/h2-8,14-16,24H,9-13H2,1H3,(H,25,27). The predicted octanol–water partition coefficient (Wildman–Crippen LogP) is 3.45. The summed E-state index contributed by atoms with van der Waals surface area (Å²) in [5.74, 6) is 0.154. The number of amides is 3. The molecule has 1 saturated heterocycles. The Morgan fingerprint density at radius 1 is 1.07 bits per heavy atom. The maximum Gasteiger partial charge on any atom is 0.266 e. The number of carbonyl (C=O) groups is 3. The van der Waals surface area contributed by atoms with Crippen molar-refractivity contribution in [1.29, 1.82) is 0 Å². The molecule has 0 spiro atoms. The van der Waals surface area contributed by atoms with E-state index in [4.69, 9.17) is 0 Å². The molecule has 2 N–H and O–H groups in total. The molecule has 1 atom stereocenters. The highest BCUT2D eigenvalue weighted by Gasteiger charge is 2.36. The van der Waals surface area contributed by atoms with Crippen molar-refractivity contribution in [3.8, 4) is 0 Å². The van der Waals surface area contributed by atoms with Gasteiger partial charge < -0.3 is 10.6 Å². The third-order valence-electron chi connectivity index (χ3n) is 5.88. The van der Waals surface area contributed by atoms with Crippen LogP contribution in [0.4, 0.5) is 11.4 Å². The van der Waals surface area contributed by atoms with Crippen LogP contribution in [0.15, 0.2) is 48.5 Å². The number of nitrogens with one attached hydrogen (secondary N) is 2. The fourth-order valence-corrected chi connectivity index (χ4v) is 4.23. The first-order chi connectivity index (χ1) is 14.0.